The fourth-order valence-electron chi connectivity index (χ4n) is 1.39. The van der Waals surface area contributed by atoms with E-state index in [-0.39, 0.29) is 0 Å². The summed E-state index contributed by atoms with van der Waals surface area (Å²) in [5.41, 5.74) is 5.82. The minimum absolute atomic E-state index is 0.394. The van der Waals surface area contributed by atoms with E-state index in [9.17, 15) is 4.79 Å². The Kier molecular flexibility index (Phi) is 8.83. The van der Waals surface area contributed by atoms with E-state index in [1.165, 1.54) is 16.3 Å². The molecule has 0 bridgehead atoms. The highest BCUT2D eigenvalue weighted by atomic mass is 16.3. The average Bonchev–Trinajstić information content (AvgIpc) is 2.41. The van der Waals surface area contributed by atoms with Gasteiger partial charge in [0.25, 0.3) is 0 Å². The van der Waals surface area contributed by atoms with Crippen LogP contribution in [0.1, 0.15) is 19.4 Å². The molecule has 4 heteroatoms. The van der Waals surface area contributed by atoms with Crippen molar-refractivity contribution in [2.75, 3.05) is 6.73 Å². The van der Waals surface area contributed by atoms with Crippen LogP contribution in [0.5, 0.6) is 0 Å². The second kappa shape index (κ2) is 9.91. The minimum Gasteiger partial charge on any atom is -0.376 e. The maximum absolute atomic E-state index is 9.55. The van der Waals surface area contributed by atoms with Crippen molar-refractivity contribution in [3.8, 4) is 0 Å². The standard InChI is InChI=1S/C11H10.C2H6N2O2.C2H6/c1-9-6-7-10-4-2-3-5-11(10)8-9;3-2(6)4-1-5;1-2/h2-8H,1H3;5H,1H2,(H3,3,4,6);1-2H3. The molecule has 2 amide bonds. The molecule has 4 nitrogen and oxygen atoms in total. The molecule has 19 heavy (non-hydrogen) atoms. The largest absolute Gasteiger partial charge is 0.376 e. The summed E-state index contributed by atoms with van der Waals surface area (Å²) in [5, 5.41) is 12.4. The molecule has 0 saturated carbocycles. The first-order valence-electron chi connectivity index (χ1n) is 6.23. The van der Waals surface area contributed by atoms with Crippen molar-refractivity contribution in [2.24, 2.45) is 5.73 Å². The molecule has 0 saturated heterocycles. The fraction of sp³-hybridized carbons (Fsp3) is 0.267. The van der Waals surface area contributed by atoms with Crippen molar-refractivity contribution < 1.29 is 9.90 Å². The zero-order valence-electron chi connectivity index (χ0n) is 11.7. The van der Waals surface area contributed by atoms with Gasteiger partial charge in [-0.1, -0.05) is 61.9 Å². The van der Waals surface area contributed by atoms with Gasteiger partial charge < -0.3 is 16.2 Å². The molecule has 0 spiro atoms. The summed E-state index contributed by atoms with van der Waals surface area (Å²) in [6.45, 7) is 5.72. The smallest absolute Gasteiger partial charge is 0.313 e. The third-order valence-corrected chi connectivity index (χ3v) is 2.16. The molecular weight excluding hydrogens is 240 g/mol. The summed E-state index contributed by atoms with van der Waals surface area (Å²) in [6.07, 6.45) is 0. The summed E-state index contributed by atoms with van der Waals surface area (Å²) < 4.78 is 0. The maximum atomic E-state index is 9.55. The van der Waals surface area contributed by atoms with E-state index < -0.39 is 12.8 Å². The van der Waals surface area contributed by atoms with Crippen molar-refractivity contribution in [2.45, 2.75) is 20.8 Å². The molecule has 0 aliphatic carbocycles. The number of aliphatic hydroxyl groups is 1. The van der Waals surface area contributed by atoms with Gasteiger partial charge >= 0.3 is 6.03 Å². The number of hydrogen-bond acceptors (Lipinski definition) is 2. The normalized spacial score (nSPS) is 8.63. The lowest BCUT2D eigenvalue weighted by Gasteiger charge is -1.96. The number of urea groups is 1. The van der Waals surface area contributed by atoms with Crippen LogP contribution in [0.4, 0.5) is 4.79 Å². The summed E-state index contributed by atoms with van der Waals surface area (Å²) in [4.78, 5) is 9.55. The summed E-state index contributed by atoms with van der Waals surface area (Å²) >= 11 is 0. The van der Waals surface area contributed by atoms with Gasteiger partial charge in [-0.25, -0.2) is 4.79 Å². The lowest BCUT2D eigenvalue weighted by atomic mass is 10.1. The van der Waals surface area contributed by atoms with Gasteiger partial charge in [-0.05, 0) is 17.7 Å². The third kappa shape index (κ3) is 7.06. The van der Waals surface area contributed by atoms with Crippen molar-refractivity contribution in [1.29, 1.82) is 0 Å². The zero-order chi connectivity index (χ0) is 14.7. The molecule has 0 heterocycles. The van der Waals surface area contributed by atoms with E-state index in [1.807, 2.05) is 19.2 Å². The Hall–Kier alpha value is -2.07. The number of aryl methyl sites for hydroxylation is 1. The lowest BCUT2D eigenvalue weighted by molar-refractivity contribution is 0.225. The van der Waals surface area contributed by atoms with Gasteiger partial charge in [0.2, 0.25) is 0 Å². The molecule has 104 valence electrons. The summed E-state index contributed by atoms with van der Waals surface area (Å²) in [7, 11) is 0. The van der Waals surface area contributed by atoms with Crippen LogP contribution >= 0.6 is 0 Å². The highest BCUT2D eigenvalue weighted by molar-refractivity contribution is 5.82. The van der Waals surface area contributed by atoms with Crippen LogP contribution in [0.3, 0.4) is 0 Å². The number of nitrogens with two attached hydrogens (primary N) is 1. The van der Waals surface area contributed by atoms with E-state index in [1.54, 1.807) is 0 Å². The number of benzene rings is 2. The van der Waals surface area contributed by atoms with E-state index in [0.717, 1.165) is 0 Å². The van der Waals surface area contributed by atoms with E-state index in [4.69, 9.17) is 5.11 Å². The highest BCUT2D eigenvalue weighted by Gasteiger charge is 1.89. The molecule has 0 atom stereocenters. The molecule has 0 aliphatic heterocycles. The molecule has 0 fully saturated rings. The third-order valence-electron chi connectivity index (χ3n) is 2.16. The van der Waals surface area contributed by atoms with Crippen LogP contribution < -0.4 is 11.1 Å². The highest BCUT2D eigenvalue weighted by Crippen LogP contribution is 2.14. The number of aliphatic hydroxyl groups excluding tert-OH is 1. The molecule has 2 aromatic rings. The number of amides is 2. The second-order valence-electron chi connectivity index (χ2n) is 3.55. The molecule has 2 aromatic carbocycles. The monoisotopic (exact) mass is 262 g/mol. The summed E-state index contributed by atoms with van der Waals surface area (Å²) in [5.74, 6) is 0. The van der Waals surface area contributed by atoms with Gasteiger partial charge in [0.15, 0.2) is 0 Å². The first kappa shape index (κ1) is 16.9. The van der Waals surface area contributed by atoms with Crippen LogP contribution in [-0.4, -0.2) is 17.9 Å². The van der Waals surface area contributed by atoms with Crippen molar-refractivity contribution in [1.82, 2.24) is 5.32 Å². The van der Waals surface area contributed by atoms with Crippen molar-refractivity contribution >= 4 is 16.8 Å². The van der Waals surface area contributed by atoms with Crippen LogP contribution in [0.2, 0.25) is 0 Å². The number of fused-ring (bicyclic) bond motifs is 1. The molecule has 2 rings (SSSR count). The first-order chi connectivity index (χ1) is 9.13. The SMILES string of the molecule is CC.Cc1ccc2ccccc2c1.NC(=O)NCO. The van der Waals surface area contributed by atoms with Gasteiger partial charge in [0.1, 0.15) is 6.73 Å². The first-order valence-corrected chi connectivity index (χ1v) is 6.23. The molecule has 0 aliphatic rings. The second-order valence-corrected chi connectivity index (χ2v) is 3.55. The van der Waals surface area contributed by atoms with Crippen molar-refractivity contribution in [3.63, 3.8) is 0 Å². The molecule has 0 unspecified atom stereocenters. The van der Waals surface area contributed by atoms with E-state index in [0.29, 0.717) is 0 Å². The fourth-order valence-corrected chi connectivity index (χ4v) is 1.39. The van der Waals surface area contributed by atoms with Crippen LogP contribution in [0, 0.1) is 6.92 Å². The van der Waals surface area contributed by atoms with Gasteiger partial charge in [-0.15, -0.1) is 0 Å². The molecule has 0 radical (unpaired) electrons. The molecule has 0 aromatic heterocycles. The Labute approximate surface area is 114 Å². The maximum Gasteiger partial charge on any atom is 0.313 e. The van der Waals surface area contributed by atoms with Crippen molar-refractivity contribution in [3.05, 3.63) is 48.0 Å². The molecular formula is C15H22N2O2. The number of hydrogen-bond donors (Lipinski definition) is 3. The Morgan fingerprint density at radius 1 is 1.16 bits per heavy atom. The van der Waals surface area contributed by atoms with E-state index in [2.05, 4.69) is 55.1 Å². The number of primary amides is 1. The Balaban J connectivity index is 0.000000350. The van der Waals surface area contributed by atoms with Gasteiger partial charge in [-0.3, -0.25) is 0 Å². The zero-order valence-corrected chi connectivity index (χ0v) is 11.7. The molecule has 4 N–H and O–H groups in total. The summed E-state index contributed by atoms with van der Waals surface area (Å²) in [6, 6.07) is 14.2. The van der Waals surface area contributed by atoms with Crippen LogP contribution in [0.25, 0.3) is 10.8 Å². The van der Waals surface area contributed by atoms with Gasteiger partial charge in [0, 0.05) is 0 Å². The number of carbonyl (C=O) groups excluding carboxylic acids is 1. The van der Waals surface area contributed by atoms with E-state index >= 15 is 0 Å². The predicted molar refractivity (Wildman–Crippen MR) is 79.8 cm³/mol. The topological polar surface area (TPSA) is 75.4 Å². The van der Waals surface area contributed by atoms with Crippen LogP contribution in [0.15, 0.2) is 42.5 Å². The Morgan fingerprint density at radius 3 is 2.21 bits per heavy atom. The number of rotatable bonds is 1. The van der Waals surface area contributed by atoms with Crippen LogP contribution in [-0.2, 0) is 0 Å². The Morgan fingerprint density at radius 2 is 1.74 bits per heavy atom. The average molecular weight is 262 g/mol. The minimum atomic E-state index is -0.711. The van der Waals surface area contributed by atoms with Gasteiger partial charge in [-0.2, -0.15) is 0 Å². The quantitative estimate of drug-likeness (QED) is 0.691. The lowest BCUT2D eigenvalue weighted by Crippen LogP contribution is -2.29. The van der Waals surface area contributed by atoms with Gasteiger partial charge in [0.05, 0.1) is 0 Å². The predicted octanol–water partition coefficient (Wildman–Crippen LogP) is 2.78. The number of nitrogens with one attached hydrogen (secondary N) is 1. The Bertz CT molecular complexity index is 498. The number of carbonyl (C=O) groups is 1.